The Balaban J connectivity index is 2.35. The van der Waals surface area contributed by atoms with E-state index in [1.54, 1.807) is 24.5 Å². The van der Waals surface area contributed by atoms with Gasteiger partial charge in [0.1, 0.15) is 5.82 Å². The Hall–Kier alpha value is -1.64. The highest BCUT2D eigenvalue weighted by Crippen LogP contribution is 2.14. The Morgan fingerprint density at radius 3 is 2.42 bits per heavy atom. The van der Waals surface area contributed by atoms with Gasteiger partial charge >= 0.3 is 0 Å². The Bertz CT molecular complexity index is 338. The second-order valence-electron chi connectivity index (χ2n) is 2.45. The van der Waals surface area contributed by atoms with E-state index in [9.17, 15) is 4.39 Å². The van der Waals surface area contributed by atoms with Gasteiger partial charge in [-0.05, 0) is 17.7 Å². The van der Waals surface area contributed by atoms with Crippen molar-refractivity contribution in [1.82, 2.24) is 5.43 Å². The second-order valence-corrected chi connectivity index (χ2v) is 2.45. The van der Waals surface area contributed by atoms with Gasteiger partial charge in [0.05, 0.1) is 12.4 Å². The van der Waals surface area contributed by atoms with Gasteiger partial charge in [-0.3, -0.25) is 0 Å². The molecule has 2 rings (SSSR count). The number of halogens is 1. The molecular formula is C9H6FN2. The lowest BCUT2D eigenvalue weighted by Crippen LogP contribution is -1.83. The molecule has 0 atom stereocenters. The number of benzene rings is 1. The molecule has 12 heavy (non-hydrogen) atoms. The van der Waals surface area contributed by atoms with Crippen molar-refractivity contribution in [2.45, 2.75) is 0 Å². The summed E-state index contributed by atoms with van der Waals surface area (Å²) in [6.07, 6.45) is 3.29. The molecule has 0 fully saturated rings. The van der Waals surface area contributed by atoms with Crippen LogP contribution in [0.2, 0.25) is 0 Å². The fourth-order valence-electron chi connectivity index (χ4n) is 1.02. The maximum atomic E-state index is 12.5. The summed E-state index contributed by atoms with van der Waals surface area (Å²) in [6, 6.07) is 6.24. The molecule has 1 heterocycles. The van der Waals surface area contributed by atoms with Crippen molar-refractivity contribution in [3.63, 3.8) is 0 Å². The van der Waals surface area contributed by atoms with Gasteiger partial charge in [0.2, 0.25) is 0 Å². The molecule has 2 nitrogen and oxygen atoms in total. The third-order valence-electron chi connectivity index (χ3n) is 1.64. The minimum Gasteiger partial charge on any atom is -0.207 e. The van der Waals surface area contributed by atoms with Crippen molar-refractivity contribution in [2.24, 2.45) is 5.10 Å². The predicted octanol–water partition coefficient (Wildman–Crippen LogP) is 1.77. The zero-order valence-electron chi connectivity index (χ0n) is 6.24. The first kappa shape index (κ1) is 7.03. The monoisotopic (exact) mass is 161 g/mol. The number of nitrogens with zero attached hydrogens (tertiary/aromatic N) is 2. The van der Waals surface area contributed by atoms with E-state index in [1.165, 1.54) is 12.1 Å². The number of hydrogen-bond acceptors (Lipinski definition) is 1. The third-order valence-corrected chi connectivity index (χ3v) is 1.64. The van der Waals surface area contributed by atoms with E-state index < -0.39 is 0 Å². The van der Waals surface area contributed by atoms with Crippen LogP contribution in [0.3, 0.4) is 0 Å². The molecule has 1 aromatic carbocycles. The smallest absolute Gasteiger partial charge is 0.123 e. The molecule has 0 aliphatic carbocycles. The summed E-state index contributed by atoms with van der Waals surface area (Å²) in [5, 5.41) is 3.68. The molecule has 0 bridgehead atoms. The summed E-state index contributed by atoms with van der Waals surface area (Å²) in [5.41, 5.74) is 5.52. The number of allylic oxidation sites excluding steroid dienone is 1. The van der Waals surface area contributed by atoms with Crippen LogP contribution in [0.5, 0.6) is 0 Å². The van der Waals surface area contributed by atoms with Gasteiger partial charge in [-0.25, -0.2) is 4.39 Å². The van der Waals surface area contributed by atoms with Crippen LogP contribution in [-0.4, -0.2) is 6.21 Å². The van der Waals surface area contributed by atoms with Crippen LogP contribution in [-0.2, 0) is 0 Å². The average molecular weight is 161 g/mol. The topological polar surface area (TPSA) is 26.5 Å². The van der Waals surface area contributed by atoms with Crippen LogP contribution in [0.15, 0.2) is 35.6 Å². The lowest BCUT2D eigenvalue weighted by Gasteiger charge is -1.95. The van der Waals surface area contributed by atoms with E-state index in [4.69, 9.17) is 0 Å². The molecule has 0 N–H and O–H groups in total. The Morgan fingerprint density at radius 2 is 1.83 bits per heavy atom. The van der Waals surface area contributed by atoms with E-state index in [-0.39, 0.29) is 5.82 Å². The van der Waals surface area contributed by atoms with E-state index in [1.807, 2.05) is 0 Å². The van der Waals surface area contributed by atoms with Crippen LogP contribution in [0.1, 0.15) is 5.56 Å². The van der Waals surface area contributed by atoms with E-state index in [0.717, 1.165) is 11.1 Å². The summed E-state index contributed by atoms with van der Waals surface area (Å²) >= 11 is 0. The fourth-order valence-corrected chi connectivity index (χ4v) is 1.02. The van der Waals surface area contributed by atoms with Crippen LogP contribution in [0.4, 0.5) is 4.39 Å². The maximum Gasteiger partial charge on any atom is 0.123 e. The van der Waals surface area contributed by atoms with Crippen molar-refractivity contribution in [3.8, 4) is 0 Å². The van der Waals surface area contributed by atoms with Crippen molar-refractivity contribution in [3.05, 3.63) is 41.8 Å². The van der Waals surface area contributed by atoms with Crippen LogP contribution in [0.25, 0.3) is 5.57 Å². The summed E-state index contributed by atoms with van der Waals surface area (Å²) in [5.74, 6) is -0.230. The first-order chi connectivity index (χ1) is 5.86. The molecular weight excluding hydrogens is 155 g/mol. The Labute approximate surface area is 69.4 Å². The van der Waals surface area contributed by atoms with Gasteiger partial charge in [-0.15, -0.1) is 0 Å². The largest absolute Gasteiger partial charge is 0.207 e. The molecule has 0 saturated carbocycles. The lowest BCUT2D eigenvalue weighted by atomic mass is 10.1. The molecule has 0 unspecified atom stereocenters. The van der Waals surface area contributed by atoms with Gasteiger partial charge < -0.3 is 0 Å². The average Bonchev–Trinajstić information content (AvgIpc) is 2.58. The number of rotatable bonds is 1. The first-order valence-electron chi connectivity index (χ1n) is 3.55. The molecule has 0 aromatic heterocycles. The standard InChI is InChI=1S/C9H6FN2/c10-9-3-1-7(2-4-9)8-5-11-12-6-8/h1-6H. The minimum atomic E-state index is -0.230. The van der Waals surface area contributed by atoms with Gasteiger partial charge in [0.15, 0.2) is 0 Å². The highest BCUT2D eigenvalue weighted by atomic mass is 19.1. The normalized spacial score (nSPS) is 14.2. The zero-order chi connectivity index (χ0) is 8.39. The molecule has 3 heteroatoms. The number of hydrogen-bond donors (Lipinski definition) is 0. The Morgan fingerprint density at radius 1 is 1.08 bits per heavy atom. The maximum absolute atomic E-state index is 12.5. The highest BCUT2D eigenvalue weighted by Gasteiger charge is 2.02. The third kappa shape index (κ3) is 1.21. The van der Waals surface area contributed by atoms with E-state index >= 15 is 0 Å². The van der Waals surface area contributed by atoms with Crippen molar-refractivity contribution >= 4 is 11.8 Å². The summed E-state index contributed by atoms with van der Waals surface area (Å²) < 4.78 is 12.5. The van der Waals surface area contributed by atoms with Gasteiger partial charge in [0, 0.05) is 5.57 Å². The second kappa shape index (κ2) is 2.77. The SMILES string of the molecule is Fc1ccc(C2=C[N]N=C2)cc1. The van der Waals surface area contributed by atoms with Crippen molar-refractivity contribution in [1.29, 1.82) is 0 Å². The molecule has 0 saturated heterocycles. The highest BCUT2D eigenvalue weighted by molar-refractivity contribution is 6.10. The van der Waals surface area contributed by atoms with E-state index in [0.29, 0.717) is 0 Å². The summed E-state index contributed by atoms with van der Waals surface area (Å²) in [7, 11) is 0. The molecule has 1 radical (unpaired) electrons. The van der Waals surface area contributed by atoms with Crippen molar-refractivity contribution < 1.29 is 4.39 Å². The van der Waals surface area contributed by atoms with Crippen LogP contribution in [0, 0.1) is 5.82 Å². The lowest BCUT2D eigenvalue weighted by molar-refractivity contribution is 0.627. The minimum absolute atomic E-state index is 0.230. The fraction of sp³-hybridized carbons (Fsp3) is 0. The molecule has 0 spiro atoms. The first-order valence-corrected chi connectivity index (χ1v) is 3.55. The van der Waals surface area contributed by atoms with Gasteiger partial charge in [-0.1, -0.05) is 12.1 Å². The van der Waals surface area contributed by atoms with Crippen LogP contribution >= 0.6 is 0 Å². The zero-order valence-corrected chi connectivity index (χ0v) is 6.24. The van der Waals surface area contributed by atoms with Crippen LogP contribution < -0.4 is 5.43 Å². The summed E-state index contributed by atoms with van der Waals surface area (Å²) in [6.45, 7) is 0. The predicted molar refractivity (Wildman–Crippen MR) is 45.0 cm³/mol. The van der Waals surface area contributed by atoms with Crippen molar-refractivity contribution in [2.75, 3.05) is 0 Å². The van der Waals surface area contributed by atoms with Gasteiger partial charge in [0.25, 0.3) is 0 Å². The molecule has 1 aromatic rings. The summed E-state index contributed by atoms with van der Waals surface area (Å²) in [4.78, 5) is 0. The molecule has 1 aliphatic heterocycles. The Kier molecular flexibility index (Phi) is 1.63. The molecule has 0 amide bonds. The molecule has 1 aliphatic rings. The van der Waals surface area contributed by atoms with E-state index in [2.05, 4.69) is 10.5 Å². The molecule has 59 valence electrons. The quantitative estimate of drug-likeness (QED) is 0.600. The van der Waals surface area contributed by atoms with Gasteiger partial charge in [-0.2, -0.15) is 10.5 Å².